The Morgan fingerprint density at radius 1 is 1.33 bits per heavy atom. The molecule has 2 aromatic rings. The predicted octanol–water partition coefficient (Wildman–Crippen LogP) is 5.19. The number of benzene rings is 1. The van der Waals surface area contributed by atoms with E-state index in [9.17, 15) is 0 Å². The van der Waals surface area contributed by atoms with E-state index in [1.165, 1.54) is 30.4 Å². The first-order valence-corrected chi connectivity index (χ1v) is 9.71. The van der Waals surface area contributed by atoms with Gasteiger partial charge in [0.05, 0.1) is 0 Å². The van der Waals surface area contributed by atoms with Crippen molar-refractivity contribution in [2.45, 2.75) is 45.6 Å². The van der Waals surface area contributed by atoms with Crippen molar-refractivity contribution in [1.82, 2.24) is 10.3 Å². The fourth-order valence-corrected chi connectivity index (χ4v) is 3.27. The number of halogens is 1. The summed E-state index contributed by atoms with van der Waals surface area (Å²) >= 11 is 6.05. The lowest BCUT2D eigenvalue weighted by Gasteiger charge is -2.25. The van der Waals surface area contributed by atoms with Crippen LogP contribution in [-0.2, 0) is 11.3 Å². The third-order valence-electron chi connectivity index (χ3n) is 4.71. The lowest BCUT2D eigenvalue weighted by atomic mass is 9.85. The molecule has 1 fully saturated rings. The van der Waals surface area contributed by atoms with Crippen LogP contribution in [0.4, 0.5) is 11.5 Å². The van der Waals surface area contributed by atoms with Gasteiger partial charge in [-0.3, -0.25) is 4.79 Å². The van der Waals surface area contributed by atoms with Gasteiger partial charge in [0.15, 0.2) is 0 Å². The normalized spacial score (nSPS) is 13.5. The molecule has 0 aliphatic heterocycles. The number of carbonyl (C=O) groups is 1. The lowest BCUT2D eigenvalue weighted by Crippen LogP contribution is -2.27. The van der Waals surface area contributed by atoms with E-state index in [0.717, 1.165) is 35.5 Å². The first kappa shape index (κ1) is 21.2. The minimum Gasteiger partial charge on any atom is -0.483 e. The van der Waals surface area contributed by atoms with Gasteiger partial charge in [-0.25, -0.2) is 4.98 Å². The van der Waals surface area contributed by atoms with Crippen molar-refractivity contribution in [3.8, 4) is 0 Å². The van der Waals surface area contributed by atoms with E-state index in [2.05, 4.69) is 35.5 Å². The zero-order valence-electron chi connectivity index (χ0n) is 15.9. The zero-order chi connectivity index (χ0) is 19.6. The Morgan fingerprint density at radius 3 is 2.67 bits per heavy atom. The van der Waals surface area contributed by atoms with Gasteiger partial charge in [-0.2, -0.15) is 0 Å². The minimum atomic E-state index is -0.250. The number of anilines is 2. The monoisotopic (exact) mass is 389 g/mol. The van der Waals surface area contributed by atoms with Crippen LogP contribution in [-0.4, -0.2) is 23.1 Å². The van der Waals surface area contributed by atoms with E-state index in [-0.39, 0.29) is 6.47 Å². The Labute approximate surface area is 166 Å². The van der Waals surface area contributed by atoms with Gasteiger partial charge in [-0.15, -0.1) is 0 Å². The summed E-state index contributed by atoms with van der Waals surface area (Å²) in [6.45, 7) is 6.23. The smallest absolute Gasteiger partial charge is 0.290 e. The largest absolute Gasteiger partial charge is 0.483 e. The second-order valence-electron chi connectivity index (χ2n) is 7.09. The average molecular weight is 390 g/mol. The zero-order valence-corrected chi connectivity index (χ0v) is 16.7. The lowest BCUT2D eigenvalue weighted by molar-refractivity contribution is -0.122. The molecule has 0 radical (unpaired) electrons. The molecule has 1 aromatic carbocycles. The summed E-state index contributed by atoms with van der Waals surface area (Å²) in [5.41, 5.74) is 3.59. The SMILES string of the molecule is CC(C)c1cc(Nc2cccc(Cl)c2)ncc1CNCC1CCC1.O=CO. The highest BCUT2D eigenvalue weighted by molar-refractivity contribution is 6.30. The maximum atomic E-state index is 8.36. The molecule has 0 unspecified atom stereocenters. The number of hydrogen-bond acceptors (Lipinski definition) is 4. The summed E-state index contributed by atoms with van der Waals surface area (Å²) in [5, 5.41) is 14.6. The fraction of sp³-hybridized carbons (Fsp3) is 0.429. The summed E-state index contributed by atoms with van der Waals surface area (Å²) in [5.74, 6) is 2.21. The molecule has 146 valence electrons. The number of aromatic nitrogens is 1. The van der Waals surface area contributed by atoms with Crippen molar-refractivity contribution in [3.05, 3.63) is 52.7 Å². The van der Waals surface area contributed by atoms with Gasteiger partial charge in [0.2, 0.25) is 0 Å². The summed E-state index contributed by atoms with van der Waals surface area (Å²) in [6, 6.07) is 9.87. The number of carboxylic acid groups (broad SMARTS) is 1. The quantitative estimate of drug-likeness (QED) is 0.568. The fourth-order valence-electron chi connectivity index (χ4n) is 3.07. The molecule has 0 amide bonds. The van der Waals surface area contributed by atoms with Crippen LogP contribution >= 0.6 is 11.6 Å². The van der Waals surface area contributed by atoms with E-state index in [1.807, 2.05) is 30.5 Å². The first-order chi connectivity index (χ1) is 13.0. The first-order valence-electron chi connectivity index (χ1n) is 9.33. The molecular formula is C21H28ClN3O2. The second-order valence-corrected chi connectivity index (χ2v) is 7.53. The highest BCUT2D eigenvalue weighted by Gasteiger charge is 2.17. The molecule has 0 spiro atoms. The standard InChI is InChI=1S/C20H26ClN3.CH2O2/c1-14(2)19-10-20(24-18-8-4-7-17(21)9-18)23-13-16(19)12-22-11-15-5-3-6-15;2-1-3/h4,7-10,13-15,22H,3,5-6,11-12H2,1-2H3,(H,23,24);1H,(H,2,3). The van der Waals surface area contributed by atoms with E-state index in [0.29, 0.717) is 5.92 Å². The summed E-state index contributed by atoms with van der Waals surface area (Å²) < 4.78 is 0. The minimum absolute atomic E-state index is 0.250. The van der Waals surface area contributed by atoms with Gasteiger partial charge in [-0.1, -0.05) is 37.9 Å². The third kappa shape index (κ3) is 6.85. The van der Waals surface area contributed by atoms with E-state index < -0.39 is 0 Å². The van der Waals surface area contributed by atoms with Crippen LogP contribution in [0.2, 0.25) is 5.02 Å². The number of hydrogen-bond donors (Lipinski definition) is 3. The molecule has 0 atom stereocenters. The number of nitrogens with one attached hydrogen (secondary N) is 2. The Bertz CT molecular complexity index is 733. The molecule has 6 heteroatoms. The predicted molar refractivity (Wildman–Crippen MR) is 111 cm³/mol. The summed E-state index contributed by atoms with van der Waals surface area (Å²) in [4.78, 5) is 12.9. The molecule has 0 saturated heterocycles. The molecule has 1 saturated carbocycles. The van der Waals surface area contributed by atoms with Crippen molar-refractivity contribution in [3.63, 3.8) is 0 Å². The highest BCUT2D eigenvalue weighted by Crippen LogP contribution is 2.27. The van der Waals surface area contributed by atoms with Crippen molar-refractivity contribution in [1.29, 1.82) is 0 Å². The second kappa shape index (κ2) is 10.9. The van der Waals surface area contributed by atoms with Crippen LogP contribution in [0, 0.1) is 5.92 Å². The number of nitrogens with zero attached hydrogens (tertiary/aromatic N) is 1. The van der Waals surface area contributed by atoms with E-state index in [4.69, 9.17) is 21.5 Å². The number of rotatable bonds is 7. The average Bonchev–Trinajstić information content (AvgIpc) is 2.58. The maximum absolute atomic E-state index is 8.36. The summed E-state index contributed by atoms with van der Waals surface area (Å²) in [7, 11) is 0. The Balaban J connectivity index is 0.000000817. The van der Waals surface area contributed by atoms with Crippen molar-refractivity contribution in [2.75, 3.05) is 11.9 Å². The molecule has 1 aliphatic rings. The van der Waals surface area contributed by atoms with Gasteiger partial charge in [-0.05, 0) is 66.6 Å². The Kier molecular flexibility index (Phi) is 8.55. The van der Waals surface area contributed by atoms with Crippen molar-refractivity contribution < 1.29 is 9.90 Å². The molecule has 1 aromatic heterocycles. The van der Waals surface area contributed by atoms with E-state index >= 15 is 0 Å². The van der Waals surface area contributed by atoms with Crippen molar-refractivity contribution >= 4 is 29.6 Å². The summed E-state index contributed by atoms with van der Waals surface area (Å²) in [6.07, 6.45) is 6.15. The topological polar surface area (TPSA) is 74.2 Å². The molecule has 3 N–H and O–H groups in total. The number of pyridine rings is 1. The molecule has 3 rings (SSSR count). The van der Waals surface area contributed by atoms with E-state index in [1.54, 1.807) is 0 Å². The van der Waals surface area contributed by atoms with Gasteiger partial charge in [0, 0.05) is 23.5 Å². The molecular weight excluding hydrogens is 362 g/mol. The van der Waals surface area contributed by atoms with Crippen LogP contribution in [0.25, 0.3) is 0 Å². The van der Waals surface area contributed by atoms with Crippen LogP contribution in [0.3, 0.4) is 0 Å². The van der Waals surface area contributed by atoms with Crippen LogP contribution in [0.5, 0.6) is 0 Å². The van der Waals surface area contributed by atoms with Crippen LogP contribution < -0.4 is 10.6 Å². The maximum Gasteiger partial charge on any atom is 0.290 e. The van der Waals surface area contributed by atoms with Gasteiger partial charge < -0.3 is 15.7 Å². The molecule has 27 heavy (non-hydrogen) atoms. The Morgan fingerprint density at radius 2 is 2.07 bits per heavy atom. The molecule has 5 nitrogen and oxygen atoms in total. The van der Waals surface area contributed by atoms with Crippen molar-refractivity contribution in [2.24, 2.45) is 5.92 Å². The van der Waals surface area contributed by atoms with Gasteiger partial charge in [0.25, 0.3) is 6.47 Å². The molecule has 0 bridgehead atoms. The van der Waals surface area contributed by atoms with Gasteiger partial charge in [0.1, 0.15) is 5.82 Å². The third-order valence-corrected chi connectivity index (χ3v) is 4.95. The van der Waals surface area contributed by atoms with Crippen LogP contribution in [0.15, 0.2) is 36.5 Å². The molecule has 1 aliphatic carbocycles. The highest BCUT2D eigenvalue weighted by atomic mass is 35.5. The Hall–Kier alpha value is -2.11. The van der Waals surface area contributed by atoms with Gasteiger partial charge >= 0.3 is 0 Å². The molecule has 1 heterocycles. The van der Waals surface area contributed by atoms with Crippen LogP contribution in [0.1, 0.15) is 50.2 Å².